The third-order valence-electron chi connectivity index (χ3n) is 3.74. The van der Waals surface area contributed by atoms with E-state index in [0.29, 0.717) is 5.69 Å². The molecule has 6 heteroatoms. The van der Waals surface area contributed by atoms with E-state index in [2.05, 4.69) is 0 Å². The van der Waals surface area contributed by atoms with E-state index in [1.807, 2.05) is 18.2 Å². The molecular weight excluding hydrogens is 266 g/mol. The molecule has 0 fully saturated rings. The largest absolute Gasteiger partial charge is 0.352 e. The number of aromatic nitrogens is 3. The number of allylic oxidation sites excluding steroid dienone is 2. The van der Waals surface area contributed by atoms with Crippen LogP contribution in [0, 0.1) is 0 Å². The molecule has 0 radical (unpaired) electrons. The third kappa shape index (κ3) is 1.20. The molecular formula is C13H10ClN3O2. The van der Waals surface area contributed by atoms with E-state index in [1.165, 1.54) is 13.9 Å². The van der Waals surface area contributed by atoms with E-state index >= 15 is 0 Å². The van der Waals surface area contributed by atoms with Crippen LogP contribution in [0.15, 0.2) is 52.1 Å². The molecule has 2 aliphatic rings. The Balaban J connectivity index is 2.03. The van der Waals surface area contributed by atoms with Crippen molar-refractivity contribution < 1.29 is 0 Å². The van der Waals surface area contributed by atoms with Crippen LogP contribution in [0.1, 0.15) is 12.1 Å². The Bertz CT molecular complexity index is 754. The summed E-state index contributed by atoms with van der Waals surface area (Å²) >= 11 is 6.23. The number of halogens is 1. The maximum absolute atomic E-state index is 12.4. The van der Waals surface area contributed by atoms with Crippen molar-refractivity contribution in [2.45, 2.75) is 17.5 Å². The van der Waals surface area contributed by atoms with Crippen LogP contribution in [-0.4, -0.2) is 19.3 Å². The smallest absolute Gasteiger partial charge is 0.245 e. The van der Waals surface area contributed by atoms with Crippen molar-refractivity contribution in [3.05, 3.63) is 63.5 Å². The van der Waals surface area contributed by atoms with Crippen LogP contribution < -0.4 is 11.4 Å². The van der Waals surface area contributed by atoms with Crippen LogP contribution >= 0.6 is 11.6 Å². The van der Waals surface area contributed by atoms with Crippen molar-refractivity contribution in [3.8, 4) is 5.69 Å². The van der Waals surface area contributed by atoms with Gasteiger partial charge in [0.05, 0.1) is 23.1 Å². The normalized spacial score (nSPS) is 26.9. The fourth-order valence-corrected chi connectivity index (χ4v) is 3.27. The summed E-state index contributed by atoms with van der Waals surface area (Å²) in [6.45, 7) is 0. The van der Waals surface area contributed by atoms with Crippen molar-refractivity contribution in [2.75, 3.05) is 0 Å². The van der Waals surface area contributed by atoms with Gasteiger partial charge in [0.15, 0.2) is 0 Å². The average molecular weight is 276 g/mol. The first kappa shape index (κ1) is 10.9. The van der Waals surface area contributed by atoms with Crippen LogP contribution in [0.2, 0.25) is 0 Å². The zero-order chi connectivity index (χ0) is 13.1. The van der Waals surface area contributed by atoms with Gasteiger partial charge in [0, 0.05) is 0 Å². The van der Waals surface area contributed by atoms with Crippen LogP contribution in [0.3, 0.4) is 0 Å². The number of alkyl halides is 1. The molecule has 4 rings (SSSR count). The number of benzene rings is 1. The lowest BCUT2D eigenvalue weighted by molar-refractivity contribution is 0.505. The molecule has 2 bridgehead atoms. The number of fused-ring (bicyclic) bond motifs is 5. The van der Waals surface area contributed by atoms with E-state index in [-0.39, 0.29) is 28.8 Å². The topological polar surface area (TPSA) is 48.9 Å². The second-order valence-electron chi connectivity index (χ2n) is 4.74. The summed E-state index contributed by atoms with van der Waals surface area (Å²) in [6.07, 6.45) is 3.77. The van der Waals surface area contributed by atoms with Crippen LogP contribution in [-0.2, 0) is 0 Å². The van der Waals surface area contributed by atoms with Crippen molar-refractivity contribution in [1.82, 2.24) is 13.9 Å². The van der Waals surface area contributed by atoms with Gasteiger partial charge in [-0.15, -0.1) is 11.6 Å². The second kappa shape index (κ2) is 3.51. The molecule has 0 saturated carbocycles. The average Bonchev–Trinajstić information content (AvgIpc) is 3.01. The van der Waals surface area contributed by atoms with Crippen LogP contribution in [0.25, 0.3) is 5.69 Å². The molecule has 1 aromatic heterocycles. The summed E-state index contributed by atoms with van der Waals surface area (Å²) in [5.41, 5.74) is -0.0881. The predicted molar refractivity (Wildman–Crippen MR) is 71.1 cm³/mol. The number of hydrogen-bond acceptors (Lipinski definition) is 2. The summed E-state index contributed by atoms with van der Waals surface area (Å²) < 4.78 is 4.10. The number of para-hydroxylation sites is 1. The molecule has 2 aromatic rings. The zero-order valence-corrected chi connectivity index (χ0v) is 10.6. The van der Waals surface area contributed by atoms with Gasteiger partial charge < -0.3 is 0 Å². The van der Waals surface area contributed by atoms with Gasteiger partial charge in [0.25, 0.3) is 0 Å². The molecule has 1 aliphatic heterocycles. The fraction of sp³-hybridized carbons (Fsp3) is 0.231. The Kier molecular flexibility index (Phi) is 2.01. The molecule has 0 saturated heterocycles. The van der Waals surface area contributed by atoms with Gasteiger partial charge in [0.1, 0.15) is 0 Å². The summed E-state index contributed by atoms with van der Waals surface area (Å²) in [5, 5.41) is -0.245. The van der Waals surface area contributed by atoms with Crippen molar-refractivity contribution in [1.29, 1.82) is 0 Å². The summed E-state index contributed by atoms with van der Waals surface area (Å²) in [4.78, 5) is 24.9. The van der Waals surface area contributed by atoms with Crippen molar-refractivity contribution in [3.63, 3.8) is 0 Å². The number of hydrogen-bond donors (Lipinski definition) is 0. The quantitative estimate of drug-likeness (QED) is 0.577. The van der Waals surface area contributed by atoms with E-state index in [4.69, 9.17) is 11.6 Å². The van der Waals surface area contributed by atoms with E-state index in [1.54, 1.807) is 24.3 Å². The van der Waals surface area contributed by atoms with Crippen LogP contribution in [0.4, 0.5) is 0 Å². The second-order valence-corrected chi connectivity index (χ2v) is 5.24. The monoisotopic (exact) mass is 275 g/mol. The molecule has 1 aliphatic carbocycles. The van der Waals surface area contributed by atoms with Gasteiger partial charge >= 0.3 is 11.4 Å². The third-order valence-corrected chi connectivity index (χ3v) is 4.26. The molecule has 2 heterocycles. The van der Waals surface area contributed by atoms with Gasteiger partial charge in [-0.05, 0) is 12.1 Å². The maximum atomic E-state index is 12.4. The van der Waals surface area contributed by atoms with Gasteiger partial charge in [-0.25, -0.2) is 23.5 Å². The van der Waals surface area contributed by atoms with Gasteiger partial charge in [-0.3, -0.25) is 0 Å². The van der Waals surface area contributed by atoms with Crippen molar-refractivity contribution >= 4 is 11.6 Å². The zero-order valence-electron chi connectivity index (χ0n) is 9.81. The highest BCUT2D eigenvalue weighted by atomic mass is 35.5. The summed E-state index contributed by atoms with van der Waals surface area (Å²) in [5.74, 6) is 0. The first-order valence-electron chi connectivity index (χ1n) is 6.04. The lowest BCUT2D eigenvalue weighted by Crippen LogP contribution is -2.30. The molecule has 0 spiro atoms. The molecule has 96 valence electrons. The summed E-state index contributed by atoms with van der Waals surface area (Å²) in [6, 6.07) is 8.47. The number of nitrogens with zero attached hydrogens (tertiary/aromatic N) is 3. The maximum Gasteiger partial charge on any atom is 0.352 e. The Morgan fingerprint density at radius 2 is 1.42 bits per heavy atom. The molecule has 2 unspecified atom stereocenters. The van der Waals surface area contributed by atoms with E-state index < -0.39 is 0 Å². The van der Waals surface area contributed by atoms with Crippen LogP contribution in [0.5, 0.6) is 0 Å². The van der Waals surface area contributed by atoms with Gasteiger partial charge in [-0.1, -0.05) is 30.4 Å². The predicted octanol–water partition coefficient (Wildman–Crippen LogP) is 1.07. The Labute approximate surface area is 112 Å². The summed E-state index contributed by atoms with van der Waals surface area (Å²) in [7, 11) is 0. The lowest BCUT2D eigenvalue weighted by Gasteiger charge is -2.07. The fourth-order valence-electron chi connectivity index (χ4n) is 2.89. The molecule has 19 heavy (non-hydrogen) atoms. The SMILES string of the molecule is O=c1n(-c2ccccc2)c(=O)n2n1C1C=CC2C1Cl. The molecule has 2 atom stereocenters. The first-order chi connectivity index (χ1) is 9.20. The molecule has 0 amide bonds. The number of rotatable bonds is 1. The first-order valence-corrected chi connectivity index (χ1v) is 6.47. The Hall–Kier alpha value is -2.01. The Morgan fingerprint density at radius 1 is 0.895 bits per heavy atom. The Morgan fingerprint density at radius 3 is 1.95 bits per heavy atom. The van der Waals surface area contributed by atoms with Crippen molar-refractivity contribution in [2.24, 2.45) is 0 Å². The minimum absolute atomic E-state index is 0.225. The minimum Gasteiger partial charge on any atom is -0.245 e. The minimum atomic E-state index is -0.335. The highest BCUT2D eigenvalue weighted by Crippen LogP contribution is 2.40. The highest BCUT2D eigenvalue weighted by Gasteiger charge is 2.44. The van der Waals surface area contributed by atoms with E-state index in [9.17, 15) is 9.59 Å². The van der Waals surface area contributed by atoms with Gasteiger partial charge in [0.2, 0.25) is 0 Å². The van der Waals surface area contributed by atoms with E-state index in [0.717, 1.165) is 0 Å². The molecule has 5 nitrogen and oxygen atoms in total. The lowest BCUT2D eigenvalue weighted by atomic mass is 10.2. The molecule has 1 aromatic carbocycles. The molecule has 0 N–H and O–H groups in total. The standard InChI is InChI=1S/C13H10ClN3O2/c14-11-9-6-7-10(11)17-13(19)15(12(18)16(9)17)8-4-2-1-3-5-8/h1-7,9-11H. The highest BCUT2D eigenvalue weighted by molar-refractivity contribution is 6.22. The van der Waals surface area contributed by atoms with Gasteiger partial charge in [-0.2, -0.15) is 0 Å².